The molecule has 2 rings (SSSR count). The van der Waals surface area contributed by atoms with Gasteiger partial charge in [-0.1, -0.05) is 0 Å². The molecule has 7 heteroatoms. The van der Waals surface area contributed by atoms with Crippen molar-refractivity contribution in [1.82, 2.24) is 15.1 Å². The number of nitrogens with two attached hydrogens (primary N) is 1. The summed E-state index contributed by atoms with van der Waals surface area (Å²) in [6.07, 6.45) is 1.68. The lowest BCUT2D eigenvalue weighted by Crippen LogP contribution is -2.49. The van der Waals surface area contributed by atoms with Crippen LogP contribution in [0.15, 0.2) is 18.3 Å². The van der Waals surface area contributed by atoms with Gasteiger partial charge in [-0.3, -0.25) is 9.69 Å². The van der Waals surface area contributed by atoms with Crippen LogP contribution < -0.4 is 10.6 Å². The van der Waals surface area contributed by atoms with Crippen molar-refractivity contribution in [2.75, 3.05) is 44.7 Å². The van der Waals surface area contributed by atoms with Crippen LogP contribution in [0.25, 0.3) is 0 Å². The maximum atomic E-state index is 10.9. The molecule has 1 aromatic rings. The van der Waals surface area contributed by atoms with E-state index < -0.39 is 0 Å². The van der Waals surface area contributed by atoms with E-state index in [0.717, 1.165) is 12.4 Å². The second kappa shape index (κ2) is 6.44. The minimum Gasteiger partial charge on any atom is -0.374 e. The normalized spacial score (nSPS) is 20.2. The van der Waals surface area contributed by atoms with Crippen LogP contribution in [-0.2, 0) is 9.53 Å². The molecule has 1 amide bonds. The highest BCUT2D eigenvalue weighted by molar-refractivity contribution is 5.75. The predicted molar refractivity (Wildman–Crippen MR) is 70.7 cm³/mol. The summed E-state index contributed by atoms with van der Waals surface area (Å²) >= 11 is 0. The van der Waals surface area contributed by atoms with E-state index in [9.17, 15) is 4.79 Å². The fourth-order valence-electron chi connectivity index (χ4n) is 2.15. The Morgan fingerprint density at radius 1 is 1.68 bits per heavy atom. The molecule has 7 nitrogen and oxygen atoms in total. The number of carbonyl (C=O) groups is 1. The molecular formula is C12H19N5O2. The molecule has 2 heterocycles. The zero-order chi connectivity index (χ0) is 13.7. The summed E-state index contributed by atoms with van der Waals surface area (Å²) in [5.41, 5.74) is 5.21. The Hall–Kier alpha value is -1.73. The number of morpholine rings is 1. The molecule has 0 aliphatic carbocycles. The van der Waals surface area contributed by atoms with E-state index >= 15 is 0 Å². The lowest BCUT2D eigenvalue weighted by molar-refractivity contribution is -0.121. The van der Waals surface area contributed by atoms with Gasteiger partial charge in [-0.15, -0.1) is 5.10 Å². The topological polar surface area (TPSA) is 84.6 Å². The number of anilines is 1. The third-order valence-electron chi connectivity index (χ3n) is 3.03. The monoisotopic (exact) mass is 265 g/mol. The van der Waals surface area contributed by atoms with E-state index in [4.69, 9.17) is 10.5 Å². The lowest BCUT2D eigenvalue weighted by Gasteiger charge is -2.34. The maximum absolute atomic E-state index is 10.9. The maximum Gasteiger partial charge on any atom is 0.231 e. The number of ether oxygens (including phenoxy) is 1. The highest BCUT2D eigenvalue weighted by atomic mass is 16.5. The largest absolute Gasteiger partial charge is 0.374 e. The van der Waals surface area contributed by atoms with Crippen LogP contribution in [0.5, 0.6) is 0 Å². The number of amides is 1. The summed E-state index contributed by atoms with van der Waals surface area (Å²) in [5.74, 6) is 0.501. The van der Waals surface area contributed by atoms with E-state index in [0.29, 0.717) is 19.7 Å². The van der Waals surface area contributed by atoms with Crippen LogP contribution in [0.1, 0.15) is 0 Å². The zero-order valence-corrected chi connectivity index (χ0v) is 11.0. The minimum absolute atomic E-state index is 0.0418. The van der Waals surface area contributed by atoms with Gasteiger partial charge in [0.2, 0.25) is 5.91 Å². The number of hydrogen-bond acceptors (Lipinski definition) is 6. The summed E-state index contributed by atoms with van der Waals surface area (Å²) in [7, 11) is 1.94. The van der Waals surface area contributed by atoms with Crippen molar-refractivity contribution >= 4 is 11.7 Å². The third kappa shape index (κ3) is 4.15. The number of primary amides is 1. The summed E-state index contributed by atoms with van der Waals surface area (Å²) in [6.45, 7) is 3.05. The van der Waals surface area contributed by atoms with Gasteiger partial charge in [-0.2, -0.15) is 5.10 Å². The molecule has 1 aromatic heterocycles. The van der Waals surface area contributed by atoms with Gasteiger partial charge in [0.15, 0.2) is 5.82 Å². The van der Waals surface area contributed by atoms with Crippen molar-refractivity contribution in [2.24, 2.45) is 5.73 Å². The van der Waals surface area contributed by atoms with E-state index in [1.54, 1.807) is 6.20 Å². The molecule has 19 heavy (non-hydrogen) atoms. The van der Waals surface area contributed by atoms with Crippen molar-refractivity contribution in [3.63, 3.8) is 0 Å². The molecule has 1 fully saturated rings. The highest BCUT2D eigenvalue weighted by Gasteiger charge is 2.23. The first kappa shape index (κ1) is 13.7. The number of rotatable bonds is 5. The molecule has 0 spiro atoms. The summed E-state index contributed by atoms with van der Waals surface area (Å²) in [5, 5.41) is 7.89. The van der Waals surface area contributed by atoms with Crippen molar-refractivity contribution < 1.29 is 9.53 Å². The molecule has 0 unspecified atom stereocenters. The zero-order valence-electron chi connectivity index (χ0n) is 11.0. The third-order valence-corrected chi connectivity index (χ3v) is 3.03. The van der Waals surface area contributed by atoms with E-state index in [1.165, 1.54) is 0 Å². The van der Waals surface area contributed by atoms with Gasteiger partial charge in [-0.05, 0) is 12.1 Å². The van der Waals surface area contributed by atoms with E-state index in [1.807, 2.05) is 29.0 Å². The van der Waals surface area contributed by atoms with Gasteiger partial charge in [0, 0.05) is 32.9 Å². The van der Waals surface area contributed by atoms with Crippen LogP contribution in [0.2, 0.25) is 0 Å². The van der Waals surface area contributed by atoms with Gasteiger partial charge < -0.3 is 15.4 Å². The van der Waals surface area contributed by atoms with Gasteiger partial charge in [0.1, 0.15) is 0 Å². The quantitative estimate of drug-likeness (QED) is 0.742. The van der Waals surface area contributed by atoms with Gasteiger partial charge in [0.25, 0.3) is 0 Å². The Morgan fingerprint density at radius 3 is 3.21 bits per heavy atom. The van der Waals surface area contributed by atoms with E-state index in [2.05, 4.69) is 10.2 Å². The summed E-state index contributed by atoms with van der Waals surface area (Å²) in [4.78, 5) is 14.9. The Balaban J connectivity index is 1.86. The Labute approximate surface area is 112 Å². The number of aromatic nitrogens is 2. The standard InChI is InChI=1S/C12H19N5O2/c1-16(12-3-2-4-14-15-12)7-10-8-17(5-6-19-10)9-11(13)18/h2-4,10H,5-9H2,1H3,(H2,13,18)/t10-/m1/s1. The molecule has 1 saturated heterocycles. The fourth-order valence-corrected chi connectivity index (χ4v) is 2.15. The number of carbonyl (C=O) groups excluding carboxylic acids is 1. The molecule has 0 bridgehead atoms. The van der Waals surface area contributed by atoms with Crippen molar-refractivity contribution in [3.05, 3.63) is 18.3 Å². The summed E-state index contributed by atoms with van der Waals surface area (Å²) in [6, 6.07) is 3.75. The predicted octanol–water partition coefficient (Wildman–Crippen LogP) is -0.901. The fraction of sp³-hybridized carbons (Fsp3) is 0.583. The Morgan fingerprint density at radius 2 is 2.53 bits per heavy atom. The first-order valence-corrected chi connectivity index (χ1v) is 6.26. The number of hydrogen-bond donors (Lipinski definition) is 1. The molecule has 0 saturated carbocycles. The Kier molecular flexibility index (Phi) is 4.64. The van der Waals surface area contributed by atoms with Gasteiger partial charge in [0.05, 0.1) is 19.3 Å². The van der Waals surface area contributed by atoms with Crippen LogP contribution >= 0.6 is 0 Å². The first-order valence-electron chi connectivity index (χ1n) is 6.26. The molecule has 1 atom stereocenters. The van der Waals surface area contributed by atoms with Gasteiger partial charge >= 0.3 is 0 Å². The average molecular weight is 265 g/mol. The molecule has 2 N–H and O–H groups in total. The first-order chi connectivity index (χ1) is 9.15. The number of nitrogens with zero attached hydrogens (tertiary/aromatic N) is 4. The van der Waals surface area contributed by atoms with Crippen LogP contribution in [0.3, 0.4) is 0 Å². The lowest BCUT2D eigenvalue weighted by atomic mass is 10.2. The van der Waals surface area contributed by atoms with Crippen LogP contribution in [-0.4, -0.2) is 66.9 Å². The van der Waals surface area contributed by atoms with E-state index in [-0.39, 0.29) is 18.6 Å². The van der Waals surface area contributed by atoms with Gasteiger partial charge in [-0.25, -0.2) is 0 Å². The molecule has 1 aliphatic rings. The second-order valence-corrected chi connectivity index (χ2v) is 4.66. The molecule has 1 aliphatic heterocycles. The molecular weight excluding hydrogens is 246 g/mol. The summed E-state index contributed by atoms with van der Waals surface area (Å²) < 4.78 is 5.70. The minimum atomic E-state index is -0.303. The average Bonchev–Trinajstić information content (AvgIpc) is 2.39. The highest BCUT2D eigenvalue weighted by Crippen LogP contribution is 2.10. The smallest absolute Gasteiger partial charge is 0.231 e. The van der Waals surface area contributed by atoms with Crippen molar-refractivity contribution in [1.29, 1.82) is 0 Å². The SMILES string of the molecule is CN(C[C@@H]1CN(CC(N)=O)CCO1)c1cccnn1. The second-order valence-electron chi connectivity index (χ2n) is 4.66. The van der Waals surface area contributed by atoms with Crippen molar-refractivity contribution in [2.45, 2.75) is 6.10 Å². The van der Waals surface area contributed by atoms with Crippen LogP contribution in [0, 0.1) is 0 Å². The Bertz CT molecular complexity index is 414. The van der Waals surface area contributed by atoms with Crippen LogP contribution in [0.4, 0.5) is 5.82 Å². The molecule has 104 valence electrons. The number of likely N-dealkylation sites (N-methyl/N-ethyl adjacent to an activating group) is 1. The molecule has 0 aromatic carbocycles. The van der Waals surface area contributed by atoms with Crippen molar-refractivity contribution in [3.8, 4) is 0 Å². The molecule has 0 radical (unpaired) electrons.